The number of hydrogen-bond donors (Lipinski definition) is 3. The maximum Gasteiger partial charge on any atom is 0.317 e. The molecular weight excluding hydrogens is 532 g/mol. The minimum Gasteiger partial charge on any atom is -0.494 e. The molecule has 0 bridgehead atoms. The third-order valence-corrected chi connectivity index (χ3v) is 8.10. The quantitative estimate of drug-likeness (QED) is 0.320. The monoisotopic (exact) mass is 578 g/mol. The van der Waals surface area contributed by atoms with Crippen LogP contribution in [0.1, 0.15) is 81.1 Å². The van der Waals surface area contributed by atoms with Crippen molar-refractivity contribution in [3.63, 3.8) is 0 Å². The van der Waals surface area contributed by atoms with Crippen LogP contribution in [0.15, 0.2) is 48.5 Å². The van der Waals surface area contributed by atoms with Gasteiger partial charge in [-0.05, 0) is 56.7 Å². The molecule has 0 spiro atoms. The number of amides is 4. The van der Waals surface area contributed by atoms with Crippen LogP contribution in [0.4, 0.5) is 10.5 Å². The Morgan fingerprint density at radius 3 is 2.50 bits per heavy atom. The van der Waals surface area contributed by atoms with E-state index in [-0.39, 0.29) is 30.4 Å². The van der Waals surface area contributed by atoms with Gasteiger partial charge in [0.15, 0.2) is 0 Å². The van der Waals surface area contributed by atoms with Crippen molar-refractivity contribution in [1.82, 2.24) is 15.5 Å². The molecule has 4 rings (SSSR count). The minimum absolute atomic E-state index is 0.0255. The van der Waals surface area contributed by atoms with E-state index >= 15 is 0 Å². The van der Waals surface area contributed by atoms with Gasteiger partial charge in [0.2, 0.25) is 5.91 Å². The average Bonchev–Trinajstić information content (AvgIpc) is 3.44. The molecule has 0 radical (unpaired) electrons. The lowest BCUT2D eigenvalue weighted by atomic mass is 9.96. The van der Waals surface area contributed by atoms with Gasteiger partial charge in [-0.15, -0.1) is 0 Å². The molecule has 228 valence electrons. The molecule has 2 aromatic rings. The predicted molar refractivity (Wildman–Crippen MR) is 164 cm³/mol. The highest BCUT2D eigenvalue weighted by atomic mass is 16.5. The molecule has 1 saturated heterocycles. The molecule has 9 nitrogen and oxygen atoms in total. The number of rotatable bonds is 13. The second-order valence-electron chi connectivity index (χ2n) is 11.4. The molecule has 4 amide bonds. The first kappa shape index (κ1) is 31.3. The van der Waals surface area contributed by atoms with Crippen LogP contribution in [0.2, 0.25) is 0 Å². The summed E-state index contributed by atoms with van der Waals surface area (Å²) >= 11 is 0. The van der Waals surface area contributed by atoms with Crippen molar-refractivity contribution in [3.8, 4) is 5.75 Å². The Bertz CT molecular complexity index is 1180. The Morgan fingerprint density at radius 2 is 1.83 bits per heavy atom. The average molecular weight is 579 g/mol. The van der Waals surface area contributed by atoms with Crippen LogP contribution in [0.3, 0.4) is 0 Å². The van der Waals surface area contributed by atoms with Crippen molar-refractivity contribution < 1.29 is 24.2 Å². The molecule has 1 saturated carbocycles. The summed E-state index contributed by atoms with van der Waals surface area (Å²) in [6.45, 7) is 5.50. The van der Waals surface area contributed by atoms with E-state index in [0.717, 1.165) is 44.1 Å². The fourth-order valence-corrected chi connectivity index (χ4v) is 5.72. The molecular formula is C33H46N4O5. The number of anilines is 1. The van der Waals surface area contributed by atoms with E-state index in [1.165, 1.54) is 6.42 Å². The zero-order valence-corrected chi connectivity index (χ0v) is 25.0. The highest BCUT2D eigenvalue weighted by Gasteiger charge is 2.28. The SMILES string of the molecule is CCCOc1cc(C(=O)NC(Cc2ccccc2)C(O)CN(CC)C(=O)NC2CCCCC2)cc(N2CCCC2=O)c1. The Labute approximate surface area is 249 Å². The van der Waals surface area contributed by atoms with Crippen LogP contribution in [0.25, 0.3) is 0 Å². The number of ether oxygens (including phenoxy) is 1. The van der Waals surface area contributed by atoms with Gasteiger partial charge in [0.25, 0.3) is 5.91 Å². The zero-order valence-electron chi connectivity index (χ0n) is 25.0. The number of aliphatic hydroxyl groups excluding tert-OH is 1. The summed E-state index contributed by atoms with van der Waals surface area (Å²) in [5.74, 6) is 0.174. The summed E-state index contributed by atoms with van der Waals surface area (Å²) in [5, 5.41) is 17.6. The molecule has 2 fully saturated rings. The molecule has 9 heteroatoms. The van der Waals surface area contributed by atoms with E-state index < -0.39 is 12.1 Å². The van der Waals surface area contributed by atoms with Crippen LogP contribution in [0.5, 0.6) is 5.75 Å². The lowest BCUT2D eigenvalue weighted by Gasteiger charge is -2.32. The van der Waals surface area contributed by atoms with E-state index in [0.29, 0.717) is 49.5 Å². The second kappa shape index (κ2) is 15.6. The van der Waals surface area contributed by atoms with Crippen molar-refractivity contribution in [1.29, 1.82) is 0 Å². The number of nitrogens with one attached hydrogen (secondary N) is 2. The molecule has 2 aromatic carbocycles. The van der Waals surface area contributed by atoms with Gasteiger partial charge in [-0.3, -0.25) is 9.59 Å². The van der Waals surface area contributed by atoms with Crippen LogP contribution < -0.4 is 20.3 Å². The molecule has 2 aliphatic rings. The van der Waals surface area contributed by atoms with E-state index in [4.69, 9.17) is 4.74 Å². The topological polar surface area (TPSA) is 111 Å². The summed E-state index contributed by atoms with van der Waals surface area (Å²) in [5.41, 5.74) is 1.94. The van der Waals surface area contributed by atoms with Crippen molar-refractivity contribution in [3.05, 3.63) is 59.7 Å². The van der Waals surface area contributed by atoms with Crippen LogP contribution in [-0.2, 0) is 11.2 Å². The molecule has 42 heavy (non-hydrogen) atoms. The number of carbonyl (C=O) groups is 3. The maximum absolute atomic E-state index is 13.7. The van der Waals surface area contributed by atoms with Crippen LogP contribution in [-0.4, -0.2) is 72.3 Å². The molecule has 2 unspecified atom stereocenters. The Hall–Kier alpha value is -3.59. The number of hydrogen-bond acceptors (Lipinski definition) is 5. The first-order valence-corrected chi connectivity index (χ1v) is 15.5. The second-order valence-corrected chi connectivity index (χ2v) is 11.4. The van der Waals surface area contributed by atoms with Gasteiger partial charge in [0.1, 0.15) is 5.75 Å². The summed E-state index contributed by atoms with van der Waals surface area (Å²) in [4.78, 5) is 42.6. The normalized spacial score (nSPS) is 17.0. The summed E-state index contributed by atoms with van der Waals surface area (Å²) < 4.78 is 5.87. The predicted octanol–water partition coefficient (Wildman–Crippen LogP) is 4.67. The van der Waals surface area contributed by atoms with E-state index in [2.05, 4.69) is 10.6 Å². The van der Waals surface area contributed by atoms with Crippen LogP contribution >= 0.6 is 0 Å². The Balaban J connectivity index is 1.52. The number of carbonyl (C=O) groups excluding carboxylic acids is 3. The van der Waals surface area contributed by atoms with E-state index in [9.17, 15) is 19.5 Å². The van der Waals surface area contributed by atoms with Crippen molar-refractivity contribution in [2.75, 3.05) is 31.1 Å². The van der Waals surface area contributed by atoms with Gasteiger partial charge < -0.3 is 30.3 Å². The number of nitrogens with zero attached hydrogens (tertiary/aromatic N) is 2. The fraction of sp³-hybridized carbons (Fsp3) is 0.545. The molecule has 1 aliphatic carbocycles. The van der Waals surface area contributed by atoms with Crippen LogP contribution in [0, 0.1) is 0 Å². The van der Waals surface area contributed by atoms with Gasteiger partial charge in [0, 0.05) is 42.9 Å². The lowest BCUT2D eigenvalue weighted by molar-refractivity contribution is -0.117. The molecule has 3 N–H and O–H groups in total. The summed E-state index contributed by atoms with van der Waals surface area (Å²) in [6, 6.07) is 14.2. The number of benzene rings is 2. The lowest BCUT2D eigenvalue weighted by Crippen LogP contribution is -2.53. The standard InChI is InChI=1S/C33H46N4O5/c1-3-18-42-28-21-25(20-27(22-28)37-17-11-16-31(37)39)32(40)35-29(19-24-12-7-5-8-13-24)30(38)23-36(4-2)33(41)34-26-14-9-6-10-15-26/h5,7-8,12-13,20-22,26,29-30,38H,3-4,6,9-11,14-19,23H2,1-2H3,(H,34,41)(H,35,40). The molecule has 0 aromatic heterocycles. The third kappa shape index (κ3) is 8.71. The van der Waals surface area contributed by atoms with Gasteiger partial charge in [0.05, 0.1) is 25.3 Å². The Kier molecular flexibility index (Phi) is 11.6. The van der Waals surface area contributed by atoms with E-state index in [1.54, 1.807) is 28.0 Å². The highest BCUT2D eigenvalue weighted by Crippen LogP contribution is 2.28. The van der Waals surface area contributed by atoms with Gasteiger partial charge in [-0.1, -0.05) is 56.5 Å². The first-order valence-electron chi connectivity index (χ1n) is 15.5. The zero-order chi connectivity index (χ0) is 29.9. The van der Waals surface area contributed by atoms with Gasteiger partial charge in [-0.2, -0.15) is 0 Å². The van der Waals surface area contributed by atoms with Crippen molar-refractivity contribution in [2.24, 2.45) is 0 Å². The molecule has 2 atom stereocenters. The van der Waals surface area contributed by atoms with E-state index in [1.807, 2.05) is 44.2 Å². The Morgan fingerprint density at radius 1 is 1.07 bits per heavy atom. The molecule has 1 aliphatic heterocycles. The van der Waals surface area contributed by atoms with Crippen molar-refractivity contribution in [2.45, 2.75) is 89.8 Å². The smallest absolute Gasteiger partial charge is 0.317 e. The first-order chi connectivity index (χ1) is 20.4. The largest absolute Gasteiger partial charge is 0.494 e. The maximum atomic E-state index is 13.7. The number of likely N-dealkylation sites (N-methyl/N-ethyl adjacent to an activating group) is 1. The number of aliphatic hydroxyl groups is 1. The minimum atomic E-state index is -1.01. The fourth-order valence-electron chi connectivity index (χ4n) is 5.72. The third-order valence-electron chi connectivity index (χ3n) is 8.10. The van der Waals surface area contributed by atoms with Gasteiger partial charge in [-0.25, -0.2) is 4.79 Å². The van der Waals surface area contributed by atoms with Crippen molar-refractivity contribution >= 4 is 23.5 Å². The number of urea groups is 1. The van der Waals surface area contributed by atoms with Gasteiger partial charge >= 0.3 is 6.03 Å². The highest BCUT2D eigenvalue weighted by molar-refractivity contribution is 5.99. The summed E-state index contributed by atoms with van der Waals surface area (Å²) in [6.07, 6.45) is 6.82. The molecule has 1 heterocycles. The summed E-state index contributed by atoms with van der Waals surface area (Å²) in [7, 11) is 0.